The highest BCUT2D eigenvalue weighted by Gasteiger charge is 2.48. The molecule has 3 aromatic carbocycles. The zero-order valence-corrected chi connectivity index (χ0v) is 18.8. The summed E-state index contributed by atoms with van der Waals surface area (Å²) in [5, 5.41) is 11.9. The molecule has 4 aromatic rings. The van der Waals surface area contributed by atoms with Crippen LogP contribution in [0.15, 0.2) is 72.3 Å². The van der Waals surface area contributed by atoms with Gasteiger partial charge in [-0.25, -0.2) is 9.37 Å². The first-order valence-electron chi connectivity index (χ1n) is 10.0. The summed E-state index contributed by atoms with van der Waals surface area (Å²) >= 11 is 7.34. The van der Waals surface area contributed by atoms with Crippen LogP contribution in [0.1, 0.15) is 22.7 Å². The summed E-state index contributed by atoms with van der Waals surface area (Å²) in [6.45, 7) is 1.96. The molecule has 1 unspecified atom stereocenters. The molecule has 1 amide bonds. The number of aliphatic hydroxyl groups is 1. The van der Waals surface area contributed by atoms with Crippen LogP contribution in [0.25, 0.3) is 16.0 Å². The summed E-state index contributed by atoms with van der Waals surface area (Å²) in [5.74, 6) is -2.50. The van der Waals surface area contributed by atoms with E-state index in [-0.39, 0.29) is 16.9 Å². The number of anilines is 1. The highest BCUT2D eigenvalue weighted by molar-refractivity contribution is 7.22. The lowest BCUT2D eigenvalue weighted by Crippen LogP contribution is -2.29. The molecule has 0 bridgehead atoms. The minimum Gasteiger partial charge on any atom is -0.507 e. The van der Waals surface area contributed by atoms with Crippen LogP contribution in [-0.2, 0) is 9.59 Å². The number of thiazole rings is 1. The molecular formula is C25H16ClFN2O3S. The lowest BCUT2D eigenvalue weighted by molar-refractivity contribution is -0.132. The van der Waals surface area contributed by atoms with Crippen molar-refractivity contribution >= 4 is 55.7 Å². The molecule has 5 nitrogen and oxygen atoms in total. The lowest BCUT2D eigenvalue weighted by atomic mass is 9.95. The lowest BCUT2D eigenvalue weighted by Gasteiger charge is -2.23. The highest BCUT2D eigenvalue weighted by atomic mass is 35.5. The normalized spacial score (nSPS) is 17.8. The molecule has 1 fully saturated rings. The Morgan fingerprint density at radius 2 is 1.76 bits per heavy atom. The van der Waals surface area contributed by atoms with Gasteiger partial charge >= 0.3 is 5.91 Å². The molecule has 1 aliphatic heterocycles. The zero-order chi connectivity index (χ0) is 23.3. The van der Waals surface area contributed by atoms with Gasteiger partial charge in [0.05, 0.1) is 21.8 Å². The van der Waals surface area contributed by atoms with Crippen molar-refractivity contribution in [1.82, 2.24) is 4.98 Å². The van der Waals surface area contributed by atoms with Crippen LogP contribution in [0.4, 0.5) is 9.52 Å². The van der Waals surface area contributed by atoms with Crippen LogP contribution in [0.5, 0.6) is 0 Å². The van der Waals surface area contributed by atoms with Crippen LogP contribution < -0.4 is 4.90 Å². The zero-order valence-electron chi connectivity index (χ0n) is 17.3. The molecule has 33 heavy (non-hydrogen) atoms. The average Bonchev–Trinajstić information content (AvgIpc) is 3.32. The number of carbonyl (C=O) groups is 2. The number of aromatic nitrogens is 1. The number of fused-ring (bicyclic) bond motifs is 1. The SMILES string of the molecule is Cc1ccc2nc(N3C(=O)C(=O)/C(=C(/O)c4ccc(F)cc4)C3c3ccc(Cl)cc3)sc2c1. The molecule has 164 valence electrons. The predicted octanol–water partition coefficient (Wildman–Crippen LogP) is 6.02. The number of hydrogen-bond donors (Lipinski definition) is 1. The van der Waals surface area contributed by atoms with Gasteiger partial charge in [-0.3, -0.25) is 14.5 Å². The standard InChI is InChI=1S/C25H16ClFN2O3S/c1-13-2-11-18-19(12-13)33-25(28-18)29-21(14-3-7-16(26)8-4-14)20(23(31)24(29)32)22(30)15-5-9-17(27)10-6-15/h2-12,21,30H,1H3/b22-20+. The quantitative estimate of drug-likeness (QED) is 0.222. The third kappa shape index (κ3) is 3.69. The van der Waals surface area contributed by atoms with Crippen LogP contribution >= 0.6 is 22.9 Å². The van der Waals surface area contributed by atoms with Crippen molar-refractivity contribution in [3.8, 4) is 0 Å². The third-order valence-electron chi connectivity index (χ3n) is 5.49. The maximum Gasteiger partial charge on any atom is 0.301 e. The highest BCUT2D eigenvalue weighted by Crippen LogP contribution is 2.44. The number of Topliss-reactive ketones (excluding diaryl/α,β-unsaturated/α-hetero) is 1. The number of nitrogens with zero attached hydrogens (tertiary/aromatic N) is 2. The number of rotatable bonds is 3. The van der Waals surface area contributed by atoms with E-state index in [1.165, 1.54) is 40.5 Å². The maximum absolute atomic E-state index is 13.4. The second-order valence-corrected chi connectivity index (χ2v) is 9.14. The molecule has 0 radical (unpaired) electrons. The fourth-order valence-corrected chi connectivity index (χ4v) is 5.09. The van der Waals surface area contributed by atoms with Gasteiger partial charge in [0.2, 0.25) is 0 Å². The Morgan fingerprint density at radius 1 is 1.06 bits per heavy atom. The smallest absolute Gasteiger partial charge is 0.301 e. The Labute approximate surface area is 197 Å². The first kappa shape index (κ1) is 21.3. The largest absolute Gasteiger partial charge is 0.507 e. The van der Waals surface area contributed by atoms with E-state index in [4.69, 9.17) is 11.6 Å². The molecule has 1 aliphatic rings. The summed E-state index contributed by atoms with van der Waals surface area (Å²) in [6.07, 6.45) is 0. The molecule has 0 aliphatic carbocycles. The topological polar surface area (TPSA) is 70.5 Å². The number of aryl methyl sites for hydroxylation is 1. The molecule has 1 atom stereocenters. The molecule has 0 saturated carbocycles. The van der Waals surface area contributed by atoms with E-state index in [9.17, 15) is 19.1 Å². The number of halogens is 2. The number of benzene rings is 3. The number of aliphatic hydroxyl groups excluding tert-OH is 1. The summed E-state index contributed by atoms with van der Waals surface area (Å²) < 4.78 is 14.3. The number of amides is 1. The van der Waals surface area contributed by atoms with Gasteiger partial charge in [-0.15, -0.1) is 0 Å². The van der Waals surface area contributed by atoms with E-state index in [1.807, 2.05) is 25.1 Å². The number of hydrogen-bond acceptors (Lipinski definition) is 5. The molecule has 5 rings (SSSR count). The Hall–Kier alpha value is -3.55. The van der Waals surface area contributed by atoms with Gasteiger partial charge in [0, 0.05) is 10.6 Å². The van der Waals surface area contributed by atoms with Crippen LogP contribution in [0, 0.1) is 12.7 Å². The van der Waals surface area contributed by atoms with Gasteiger partial charge in [-0.1, -0.05) is 41.1 Å². The number of ketones is 1. The van der Waals surface area contributed by atoms with Crippen molar-refractivity contribution in [2.45, 2.75) is 13.0 Å². The average molecular weight is 479 g/mol. The van der Waals surface area contributed by atoms with Crippen molar-refractivity contribution in [3.63, 3.8) is 0 Å². The minimum atomic E-state index is -0.922. The predicted molar refractivity (Wildman–Crippen MR) is 127 cm³/mol. The van der Waals surface area contributed by atoms with E-state index in [0.717, 1.165) is 10.3 Å². The summed E-state index contributed by atoms with van der Waals surface area (Å²) in [4.78, 5) is 32.3. The van der Waals surface area contributed by atoms with Gasteiger partial charge in [0.25, 0.3) is 5.78 Å². The summed E-state index contributed by atoms with van der Waals surface area (Å²) in [5.41, 5.74) is 2.47. The number of carbonyl (C=O) groups excluding carboxylic acids is 2. The van der Waals surface area contributed by atoms with Crippen LogP contribution in [0.3, 0.4) is 0 Å². The third-order valence-corrected chi connectivity index (χ3v) is 6.76. The van der Waals surface area contributed by atoms with Gasteiger partial charge in [0.15, 0.2) is 5.13 Å². The van der Waals surface area contributed by atoms with Gasteiger partial charge in [-0.2, -0.15) is 0 Å². The Morgan fingerprint density at radius 3 is 2.45 bits per heavy atom. The van der Waals surface area contributed by atoms with Crippen molar-refractivity contribution in [3.05, 3.63) is 99.8 Å². The first-order valence-corrected chi connectivity index (χ1v) is 11.2. The van der Waals surface area contributed by atoms with Crippen LogP contribution in [-0.4, -0.2) is 21.8 Å². The van der Waals surface area contributed by atoms with E-state index in [0.29, 0.717) is 21.2 Å². The van der Waals surface area contributed by atoms with Crippen LogP contribution in [0.2, 0.25) is 5.02 Å². The molecule has 1 aromatic heterocycles. The monoisotopic (exact) mass is 478 g/mol. The molecule has 2 heterocycles. The van der Waals surface area contributed by atoms with Gasteiger partial charge in [-0.05, 0) is 66.6 Å². The molecule has 1 N–H and O–H groups in total. The van der Waals surface area contributed by atoms with Crippen molar-refractivity contribution in [2.24, 2.45) is 0 Å². The van der Waals surface area contributed by atoms with Gasteiger partial charge in [0.1, 0.15) is 11.6 Å². The second kappa shape index (κ2) is 8.10. The van der Waals surface area contributed by atoms with Crippen molar-refractivity contribution < 1.29 is 19.1 Å². The summed E-state index contributed by atoms with van der Waals surface area (Å²) in [7, 11) is 0. The fourth-order valence-electron chi connectivity index (χ4n) is 3.88. The molecule has 8 heteroatoms. The summed E-state index contributed by atoms with van der Waals surface area (Å²) in [6, 6.07) is 16.6. The Bertz CT molecular complexity index is 1450. The Kier molecular flexibility index (Phi) is 5.23. The van der Waals surface area contributed by atoms with E-state index in [2.05, 4.69) is 4.98 Å². The van der Waals surface area contributed by atoms with E-state index >= 15 is 0 Å². The van der Waals surface area contributed by atoms with Crippen molar-refractivity contribution in [2.75, 3.05) is 4.90 Å². The second-order valence-electron chi connectivity index (χ2n) is 7.70. The molecular weight excluding hydrogens is 463 g/mol. The first-order chi connectivity index (χ1) is 15.8. The Balaban J connectivity index is 1.73. The van der Waals surface area contributed by atoms with Crippen molar-refractivity contribution in [1.29, 1.82) is 0 Å². The van der Waals surface area contributed by atoms with Gasteiger partial charge < -0.3 is 5.11 Å². The molecule has 0 spiro atoms. The van der Waals surface area contributed by atoms with E-state index < -0.39 is 23.5 Å². The maximum atomic E-state index is 13.4. The minimum absolute atomic E-state index is 0.0932. The van der Waals surface area contributed by atoms with E-state index in [1.54, 1.807) is 24.3 Å². The fraction of sp³-hybridized carbons (Fsp3) is 0.0800. The molecule has 1 saturated heterocycles.